The zero-order valence-corrected chi connectivity index (χ0v) is 14.4. The molecule has 0 amide bonds. The Morgan fingerprint density at radius 1 is 1.22 bits per heavy atom. The van der Waals surface area contributed by atoms with E-state index in [2.05, 4.69) is 9.62 Å². The maximum absolute atomic E-state index is 12.6. The van der Waals surface area contributed by atoms with E-state index in [-0.39, 0.29) is 16.0 Å². The van der Waals surface area contributed by atoms with E-state index in [0.29, 0.717) is 18.8 Å². The molecular weight excluding hydrogens is 336 g/mol. The number of nitrogens with one attached hydrogen (secondary N) is 1. The van der Waals surface area contributed by atoms with Gasteiger partial charge in [0.1, 0.15) is 4.90 Å². The molecule has 5 nitrogen and oxygen atoms in total. The minimum Gasteiger partial charge on any atom is -0.375 e. The third-order valence-electron chi connectivity index (χ3n) is 5.04. The first-order chi connectivity index (χ1) is 11.0. The Morgan fingerprint density at radius 2 is 2.00 bits per heavy atom. The fourth-order valence-electron chi connectivity index (χ4n) is 3.68. The molecule has 2 aliphatic heterocycles. The van der Waals surface area contributed by atoms with Crippen LogP contribution < -0.4 is 4.72 Å². The lowest BCUT2D eigenvalue weighted by Gasteiger charge is -2.35. The first-order valence-corrected chi connectivity index (χ1v) is 10.0. The summed E-state index contributed by atoms with van der Waals surface area (Å²) in [5.74, 6) is 0.717. The van der Waals surface area contributed by atoms with Gasteiger partial charge in [0, 0.05) is 25.2 Å². The van der Waals surface area contributed by atoms with Gasteiger partial charge in [-0.3, -0.25) is 4.90 Å². The quantitative estimate of drug-likeness (QED) is 0.894. The number of morpholine rings is 1. The first-order valence-electron chi connectivity index (χ1n) is 8.15. The molecule has 4 rings (SSSR count). The molecule has 3 atom stereocenters. The molecule has 1 saturated carbocycles. The van der Waals surface area contributed by atoms with E-state index in [4.69, 9.17) is 16.3 Å². The fraction of sp³-hybridized carbons (Fsp3) is 0.625. The van der Waals surface area contributed by atoms with Crippen LogP contribution in [0.1, 0.15) is 19.3 Å². The van der Waals surface area contributed by atoms with Gasteiger partial charge in [-0.25, -0.2) is 13.1 Å². The van der Waals surface area contributed by atoms with Crippen molar-refractivity contribution in [1.29, 1.82) is 0 Å². The van der Waals surface area contributed by atoms with Crippen LogP contribution in [0, 0.1) is 5.92 Å². The van der Waals surface area contributed by atoms with Gasteiger partial charge in [0.25, 0.3) is 0 Å². The fourth-order valence-corrected chi connectivity index (χ4v) is 5.44. The summed E-state index contributed by atoms with van der Waals surface area (Å²) >= 11 is 6.03. The van der Waals surface area contributed by atoms with Crippen LogP contribution in [0.15, 0.2) is 29.2 Å². The van der Waals surface area contributed by atoms with Gasteiger partial charge < -0.3 is 4.74 Å². The molecule has 0 spiro atoms. The van der Waals surface area contributed by atoms with Crippen molar-refractivity contribution in [3.8, 4) is 0 Å². The van der Waals surface area contributed by atoms with Crippen LogP contribution in [0.4, 0.5) is 0 Å². The smallest absolute Gasteiger partial charge is 0.242 e. The van der Waals surface area contributed by atoms with E-state index in [1.807, 2.05) is 0 Å². The molecule has 1 aromatic carbocycles. The first kappa shape index (κ1) is 15.8. The Hall–Kier alpha value is -0.660. The van der Waals surface area contributed by atoms with E-state index in [1.165, 1.54) is 12.8 Å². The second-order valence-corrected chi connectivity index (χ2v) is 8.89. The van der Waals surface area contributed by atoms with Gasteiger partial charge in [-0.05, 0) is 37.3 Å². The van der Waals surface area contributed by atoms with Crippen molar-refractivity contribution >= 4 is 21.6 Å². The van der Waals surface area contributed by atoms with Gasteiger partial charge in [0.15, 0.2) is 0 Å². The van der Waals surface area contributed by atoms with Crippen LogP contribution in [0.25, 0.3) is 0 Å². The van der Waals surface area contributed by atoms with Crippen molar-refractivity contribution in [2.45, 2.75) is 42.3 Å². The van der Waals surface area contributed by atoms with Gasteiger partial charge in [-0.2, -0.15) is 0 Å². The monoisotopic (exact) mass is 356 g/mol. The number of sulfonamides is 1. The van der Waals surface area contributed by atoms with E-state index >= 15 is 0 Å². The van der Waals surface area contributed by atoms with Gasteiger partial charge in [0.05, 0.1) is 17.7 Å². The summed E-state index contributed by atoms with van der Waals surface area (Å²) in [6, 6.07) is 6.80. The van der Waals surface area contributed by atoms with Crippen molar-refractivity contribution < 1.29 is 13.2 Å². The molecule has 3 aliphatic rings. The molecule has 0 aromatic heterocycles. The lowest BCUT2D eigenvalue weighted by Crippen LogP contribution is -2.47. The SMILES string of the molecule is O=S(=O)(N[C@H]1C[C@H]2CO[C@H](C3CC3)CN2C1)c1ccccc1Cl. The molecule has 2 heterocycles. The Bertz CT molecular complexity index is 692. The number of hydrogen-bond acceptors (Lipinski definition) is 4. The predicted octanol–water partition coefficient (Wildman–Crippen LogP) is 1.87. The maximum atomic E-state index is 12.6. The van der Waals surface area contributed by atoms with Crippen LogP contribution in [0.3, 0.4) is 0 Å². The van der Waals surface area contributed by atoms with Crippen molar-refractivity contribution in [1.82, 2.24) is 9.62 Å². The highest BCUT2D eigenvalue weighted by Gasteiger charge is 2.43. The zero-order valence-electron chi connectivity index (χ0n) is 12.8. The van der Waals surface area contributed by atoms with Crippen LogP contribution in [0.2, 0.25) is 5.02 Å². The predicted molar refractivity (Wildman–Crippen MR) is 88.0 cm³/mol. The third-order valence-corrected chi connectivity index (χ3v) is 7.06. The van der Waals surface area contributed by atoms with Gasteiger partial charge >= 0.3 is 0 Å². The van der Waals surface area contributed by atoms with E-state index in [1.54, 1.807) is 24.3 Å². The number of benzene rings is 1. The third kappa shape index (κ3) is 3.28. The molecule has 3 fully saturated rings. The summed E-state index contributed by atoms with van der Waals surface area (Å²) in [7, 11) is -3.58. The molecule has 1 aromatic rings. The summed E-state index contributed by atoms with van der Waals surface area (Å²) in [5, 5.41) is 0.257. The summed E-state index contributed by atoms with van der Waals surface area (Å²) in [6.07, 6.45) is 3.67. The second kappa shape index (κ2) is 6.01. The highest BCUT2D eigenvalue weighted by atomic mass is 35.5. The summed E-state index contributed by atoms with van der Waals surface area (Å²) in [4.78, 5) is 2.53. The standard InChI is InChI=1S/C16H21ClN2O3S/c17-14-3-1-2-4-16(14)23(20,21)18-12-7-13-10-22-15(11-5-6-11)9-19(13)8-12/h1-4,11-13,15,18H,5-10H2/t12-,13-,15-/m0/s1. The molecule has 126 valence electrons. The average molecular weight is 357 g/mol. The largest absolute Gasteiger partial charge is 0.375 e. The molecule has 0 unspecified atom stereocenters. The lowest BCUT2D eigenvalue weighted by molar-refractivity contribution is -0.0581. The second-order valence-electron chi connectivity index (χ2n) is 6.80. The molecular formula is C16H21ClN2O3S. The van der Waals surface area contributed by atoms with Crippen molar-refractivity contribution in [2.24, 2.45) is 5.92 Å². The van der Waals surface area contributed by atoms with Crippen LogP contribution >= 0.6 is 11.6 Å². The number of nitrogens with zero attached hydrogens (tertiary/aromatic N) is 1. The molecule has 2 saturated heterocycles. The number of fused-ring (bicyclic) bond motifs is 1. The van der Waals surface area contributed by atoms with Gasteiger partial charge in [0.2, 0.25) is 10.0 Å². The molecule has 23 heavy (non-hydrogen) atoms. The minimum atomic E-state index is -3.58. The van der Waals surface area contributed by atoms with Gasteiger partial charge in [-0.1, -0.05) is 23.7 Å². The molecule has 7 heteroatoms. The Labute approximate surface area is 142 Å². The molecule has 1 N–H and O–H groups in total. The van der Waals surface area contributed by atoms with Crippen molar-refractivity contribution in [3.63, 3.8) is 0 Å². The number of ether oxygens (including phenoxy) is 1. The van der Waals surface area contributed by atoms with Crippen LogP contribution in [-0.4, -0.2) is 51.2 Å². The highest BCUT2D eigenvalue weighted by Crippen LogP contribution is 2.38. The van der Waals surface area contributed by atoms with Gasteiger partial charge in [-0.15, -0.1) is 0 Å². The zero-order chi connectivity index (χ0) is 16.0. The molecule has 0 radical (unpaired) electrons. The van der Waals surface area contributed by atoms with E-state index in [0.717, 1.165) is 25.4 Å². The van der Waals surface area contributed by atoms with E-state index < -0.39 is 10.0 Å². The Morgan fingerprint density at radius 3 is 2.74 bits per heavy atom. The molecule has 0 bridgehead atoms. The highest BCUT2D eigenvalue weighted by molar-refractivity contribution is 7.89. The summed E-state index contributed by atoms with van der Waals surface area (Å²) in [5.41, 5.74) is 0. The maximum Gasteiger partial charge on any atom is 0.242 e. The van der Waals surface area contributed by atoms with Crippen LogP contribution in [0.5, 0.6) is 0 Å². The average Bonchev–Trinajstić information content (AvgIpc) is 3.27. The molecule has 1 aliphatic carbocycles. The number of halogens is 1. The summed E-state index contributed by atoms with van der Waals surface area (Å²) in [6.45, 7) is 2.39. The summed E-state index contributed by atoms with van der Waals surface area (Å²) < 4.78 is 33.9. The normalized spacial score (nSPS) is 32.0. The number of rotatable bonds is 4. The lowest BCUT2D eigenvalue weighted by atomic mass is 10.1. The van der Waals surface area contributed by atoms with Crippen LogP contribution in [-0.2, 0) is 14.8 Å². The number of hydrogen-bond donors (Lipinski definition) is 1. The van der Waals surface area contributed by atoms with Crippen molar-refractivity contribution in [2.75, 3.05) is 19.7 Å². The van der Waals surface area contributed by atoms with E-state index in [9.17, 15) is 8.42 Å². The van der Waals surface area contributed by atoms with Crippen molar-refractivity contribution in [3.05, 3.63) is 29.3 Å². The topological polar surface area (TPSA) is 58.6 Å². The Kier molecular flexibility index (Phi) is 4.14. The minimum absolute atomic E-state index is 0.0807. The Balaban J connectivity index is 1.43.